The Kier molecular flexibility index (Phi) is 4.99. The SMILES string of the molecule is CN(C)C(=O)COC(=O)C1CCN(C2=NS(=O)(=O)c3ccccc32)CC1. The number of likely N-dealkylation sites (tertiary alicyclic amines) is 1. The van der Waals surface area contributed by atoms with Crippen molar-refractivity contribution in [2.45, 2.75) is 17.7 Å². The maximum atomic E-state index is 12.2. The van der Waals surface area contributed by atoms with E-state index in [9.17, 15) is 18.0 Å². The summed E-state index contributed by atoms with van der Waals surface area (Å²) in [7, 11) is -0.448. The second kappa shape index (κ2) is 7.06. The normalized spacial score (nSPS) is 18.8. The number of esters is 1. The lowest BCUT2D eigenvalue weighted by atomic mass is 9.96. The molecule has 140 valence electrons. The van der Waals surface area contributed by atoms with E-state index in [4.69, 9.17) is 4.74 Å². The van der Waals surface area contributed by atoms with Crippen LogP contribution in [0.25, 0.3) is 0 Å². The lowest BCUT2D eigenvalue weighted by Gasteiger charge is -2.32. The predicted octanol–water partition coefficient (Wildman–Crippen LogP) is 0.479. The topological polar surface area (TPSA) is 96.3 Å². The molecular formula is C17H21N3O5S. The first-order valence-corrected chi connectivity index (χ1v) is 9.79. The number of piperidine rings is 1. The summed E-state index contributed by atoms with van der Waals surface area (Å²) in [4.78, 5) is 27.1. The summed E-state index contributed by atoms with van der Waals surface area (Å²) >= 11 is 0. The fourth-order valence-electron chi connectivity index (χ4n) is 3.02. The average Bonchev–Trinajstić information content (AvgIpc) is 2.91. The summed E-state index contributed by atoms with van der Waals surface area (Å²) in [6.07, 6.45) is 1.05. The fraction of sp³-hybridized carbons (Fsp3) is 0.471. The molecule has 2 aliphatic rings. The molecule has 0 spiro atoms. The Labute approximate surface area is 152 Å². The minimum absolute atomic E-state index is 0.221. The first kappa shape index (κ1) is 18.4. The second-order valence-corrected chi connectivity index (χ2v) is 8.12. The van der Waals surface area contributed by atoms with Gasteiger partial charge in [0.05, 0.1) is 5.92 Å². The quantitative estimate of drug-likeness (QED) is 0.709. The zero-order valence-corrected chi connectivity index (χ0v) is 15.5. The number of carbonyl (C=O) groups excluding carboxylic acids is 2. The Balaban J connectivity index is 1.61. The Morgan fingerprint density at radius 1 is 1.23 bits per heavy atom. The van der Waals surface area contributed by atoms with E-state index >= 15 is 0 Å². The van der Waals surface area contributed by atoms with Gasteiger partial charge in [-0.1, -0.05) is 12.1 Å². The predicted molar refractivity (Wildman–Crippen MR) is 94.1 cm³/mol. The van der Waals surface area contributed by atoms with Gasteiger partial charge in [0.2, 0.25) is 0 Å². The van der Waals surface area contributed by atoms with Crippen LogP contribution in [0.5, 0.6) is 0 Å². The van der Waals surface area contributed by atoms with Crippen LogP contribution >= 0.6 is 0 Å². The van der Waals surface area contributed by atoms with Crippen LogP contribution in [0.3, 0.4) is 0 Å². The number of amidine groups is 1. The largest absolute Gasteiger partial charge is 0.455 e. The molecule has 0 N–H and O–H groups in total. The molecule has 1 fully saturated rings. The molecule has 1 aromatic carbocycles. The number of benzene rings is 1. The number of hydrogen-bond donors (Lipinski definition) is 0. The Bertz CT molecular complexity index is 855. The van der Waals surface area contributed by atoms with Crippen LogP contribution in [0.15, 0.2) is 33.6 Å². The Morgan fingerprint density at radius 2 is 1.88 bits per heavy atom. The molecule has 0 aliphatic carbocycles. The highest BCUT2D eigenvalue weighted by molar-refractivity contribution is 7.90. The standard InChI is InChI=1S/C17H21N3O5S/c1-19(2)15(21)11-25-17(22)12-7-9-20(10-8-12)16-13-5-3-4-6-14(13)26(23,24)18-16/h3-6,12H,7-11H2,1-2H3. The highest BCUT2D eigenvalue weighted by Crippen LogP contribution is 2.29. The number of sulfonamides is 1. The third-order valence-corrected chi connectivity index (χ3v) is 5.90. The van der Waals surface area contributed by atoms with Crippen molar-refractivity contribution in [3.8, 4) is 0 Å². The molecule has 0 unspecified atom stereocenters. The van der Waals surface area contributed by atoms with Crippen LogP contribution in [0.2, 0.25) is 0 Å². The van der Waals surface area contributed by atoms with Gasteiger partial charge in [0, 0.05) is 32.7 Å². The van der Waals surface area contributed by atoms with Crippen LogP contribution in [0.4, 0.5) is 0 Å². The lowest BCUT2D eigenvalue weighted by molar-refractivity contribution is -0.155. The second-order valence-electron chi connectivity index (χ2n) is 6.54. The van der Waals surface area contributed by atoms with Gasteiger partial charge in [-0.15, -0.1) is 4.40 Å². The molecule has 1 saturated heterocycles. The minimum atomic E-state index is -3.65. The molecule has 0 saturated carbocycles. The van der Waals surface area contributed by atoms with Crippen LogP contribution in [0.1, 0.15) is 18.4 Å². The Hall–Kier alpha value is -2.42. The van der Waals surface area contributed by atoms with Gasteiger partial charge in [-0.25, -0.2) is 0 Å². The highest BCUT2D eigenvalue weighted by Gasteiger charge is 2.34. The van der Waals surface area contributed by atoms with E-state index in [1.807, 2.05) is 4.90 Å². The summed E-state index contributed by atoms with van der Waals surface area (Å²) in [5.41, 5.74) is 0.602. The van der Waals surface area contributed by atoms with E-state index in [1.54, 1.807) is 38.4 Å². The number of ether oxygens (including phenoxy) is 1. The number of likely N-dealkylation sites (N-methyl/N-ethyl adjacent to an activating group) is 1. The molecular weight excluding hydrogens is 358 g/mol. The van der Waals surface area contributed by atoms with Gasteiger partial charge in [-0.2, -0.15) is 8.42 Å². The number of amides is 1. The number of nitrogens with zero attached hydrogens (tertiary/aromatic N) is 3. The third kappa shape index (κ3) is 3.57. The van der Waals surface area contributed by atoms with Crippen molar-refractivity contribution in [1.82, 2.24) is 9.80 Å². The van der Waals surface area contributed by atoms with Crippen molar-refractivity contribution in [2.75, 3.05) is 33.8 Å². The van der Waals surface area contributed by atoms with Crippen molar-refractivity contribution in [3.05, 3.63) is 29.8 Å². The first-order valence-electron chi connectivity index (χ1n) is 8.35. The molecule has 26 heavy (non-hydrogen) atoms. The molecule has 0 atom stereocenters. The van der Waals surface area contributed by atoms with Crippen molar-refractivity contribution < 1.29 is 22.7 Å². The number of rotatable bonds is 3. The van der Waals surface area contributed by atoms with Crippen molar-refractivity contribution in [2.24, 2.45) is 10.3 Å². The van der Waals surface area contributed by atoms with Gasteiger partial charge in [-0.05, 0) is 25.0 Å². The van der Waals surface area contributed by atoms with Gasteiger partial charge in [0.25, 0.3) is 15.9 Å². The van der Waals surface area contributed by atoms with Crippen LogP contribution < -0.4 is 0 Å². The number of fused-ring (bicyclic) bond motifs is 1. The van der Waals surface area contributed by atoms with E-state index < -0.39 is 10.0 Å². The average molecular weight is 379 g/mol. The molecule has 0 bridgehead atoms. The molecule has 0 radical (unpaired) electrons. The van der Waals surface area contributed by atoms with E-state index in [1.165, 1.54) is 4.90 Å². The zero-order chi connectivity index (χ0) is 18.9. The van der Waals surface area contributed by atoms with Gasteiger partial charge >= 0.3 is 5.97 Å². The van der Waals surface area contributed by atoms with Crippen molar-refractivity contribution in [1.29, 1.82) is 0 Å². The molecule has 2 aliphatic heterocycles. The van der Waals surface area contributed by atoms with Gasteiger partial charge < -0.3 is 14.5 Å². The lowest BCUT2D eigenvalue weighted by Crippen LogP contribution is -2.41. The van der Waals surface area contributed by atoms with Crippen LogP contribution in [-0.4, -0.2) is 69.7 Å². The summed E-state index contributed by atoms with van der Waals surface area (Å²) in [5, 5.41) is 0. The highest BCUT2D eigenvalue weighted by atomic mass is 32.2. The maximum absolute atomic E-state index is 12.2. The Morgan fingerprint density at radius 3 is 2.54 bits per heavy atom. The van der Waals surface area contributed by atoms with Crippen molar-refractivity contribution >= 4 is 27.7 Å². The smallest absolute Gasteiger partial charge is 0.309 e. The first-order chi connectivity index (χ1) is 12.3. The summed E-state index contributed by atoms with van der Waals surface area (Å²) in [6.45, 7) is 0.749. The number of hydrogen-bond acceptors (Lipinski definition) is 6. The maximum Gasteiger partial charge on any atom is 0.309 e. The third-order valence-electron chi connectivity index (χ3n) is 4.58. The molecule has 2 heterocycles. The molecule has 9 heteroatoms. The van der Waals surface area contributed by atoms with E-state index in [-0.39, 0.29) is 29.3 Å². The fourth-order valence-corrected chi connectivity index (χ4v) is 4.25. The zero-order valence-electron chi connectivity index (χ0n) is 14.7. The summed E-state index contributed by atoms with van der Waals surface area (Å²) in [5.74, 6) is -0.510. The van der Waals surface area contributed by atoms with Gasteiger partial charge in [0.15, 0.2) is 12.4 Å². The minimum Gasteiger partial charge on any atom is -0.455 e. The molecule has 1 aromatic rings. The van der Waals surface area contributed by atoms with Crippen LogP contribution in [0, 0.1) is 5.92 Å². The van der Waals surface area contributed by atoms with Crippen LogP contribution in [-0.2, 0) is 24.3 Å². The van der Waals surface area contributed by atoms with Crippen molar-refractivity contribution in [3.63, 3.8) is 0 Å². The monoisotopic (exact) mass is 379 g/mol. The molecule has 8 nitrogen and oxygen atoms in total. The molecule has 3 rings (SSSR count). The van der Waals surface area contributed by atoms with E-state index in [0.717, 1.165) is 0 Å². The van der Waals surface area contributed by atoms with E-state index in [0.29, 0.717) is 37.3 Å². The van der Waals surface area contributed by atoms with Gasteiger partial charge in [-0.3, -0.25) is 9.59 Å². The summed E-state index contributed by atoms with van der Waals surface area (Å²) < 4.78 is 33.3. The van der Waals surface area contributed by atoms with Gasteiger partial charge in [0.1, 0.15) is 4.90 Å². The summed E-state index contributed by atoms with van der Waals surface area (Å²) in [6, 6.07) is 6.74. The van der Waals surface area contributed by atoms with E-state index in [2.05, 4.69) is 4.40 Å². The molecule has 1 amide bonds. The number of carbonyl (C=O) groups is 2. The molecule has 0 aromatic heterocycles.